The summed E-state index contributed by atoms with van der Waals surface area (Å²) < 4.78 is 48.5. The first-order valence-corrected chi connectivity index (χ1v) is 16.5. The summed E-state index contributed by atoms with van der Waals surface area (Å²) in [6.45, 7) is 2.95. The van der Waals surface area contributed by atoms with Crippen LogP contribution in [0.5, 0.6) is 5.75 Å². The fourth-order valence-corrected chi connectivity index (χ4v) is 7.25. The van der Waals surface area contributed by atoms with Crippen molar-refractivity contribution in [2.24, 2.45) is 0 Å². The maximum absolute atomic E-state index is 14.1. The molecule has 1 aliphatic carbocycles. The Kier molecular flexibility index (Phi) is 10.8. The summed E-state index contributed by atoms with van der Waals surface area (Å²) in [5.41, 5.74) is 1.83. The number of halogens is 2. The lowest BCUT2D eigenvalue weighted by Gasteiger charge is -2.33. The normalized spacial score (nSPS) is 14.5. The zero-order valence-electron chi connectivity index (χ0n) is 24.6. The Hall–Kier alpha value is -3.44. The summed E-state index contributed by atoms with van der Waals surface area (Å²) in [6.07, 6.45) is 4.94. The summed E-state index contributed by atoms with van der Waals surface area (Å²) in [6, 6.07) is 16.0. The largest absolute Gasteiger partial charge is 0.496 e. The Morgan fingerprint density at radius 2 is 1.67 bits per heavy atom. The highest BCUT2D eigenvalue weighted by molar-refractivity contribution is 9.10. The molecule has 8 nitrogen and oxygen atoms in total. The van der Waals surface area contributed by atoms with Crippen LogP contribution in [0.1, 0.15) is 50.2 Å². The number of benzene rings is 3. The number of nitrogens with one attached hydrogen (secondary N) is 1. The van der Waals surface area contributed by atoms with Crippen LogP contribution in [-0.2, 0) is 26.2 Å². The average Bonchev–Trinajstić information content (AvgIpc) is 3.00. The van der Waals surface area contributed by atoms with E-state index in [1.54, 1.807) is 43.3 Å². The molecule has 0 radical (unpaired) electrons. The second-order valence-electron chi connectivity index (χ2n) is 10.8. The Morgan fingerprint density at radius 1 is 1.02 bits per heavy atom. The predicted molar refractivity (Wildman–Crippen MR) is 168 cm³/mol. The van der Waals surface area contributed by atoms with Crippen LogP contribution in [0.3, 0.4) is 0 Å². The van der Waals surface area contributed by atoms with Crippen LogP contribution < -0.4 is 14.4 Å². The van der Waals surface area contributed by atoms with Crippen molar-refractivity contribution in [1.82, 2.24) is 10.2 Å². The molecule has 1 aliphatic rings. The van der Waals surface area contributed by atoms with E-state index in [1.807, 2.05) is 6.92 Å². The van der Waals surface area contributed by atoms with E-state index in [0.29, 0.717) is 21.5 Å². The number of nitrogens with zero attached hydrogens (tertiary/aromatic N) is 2. The summed E-state index contributed by atoms with van der Waals surface area (Å²) in [4.78, 5) is 28.8. The van der Waals surface area contributed by atoms with E-state index >= 15 is 0 Å². The van der Waals surface area contributed by atoms with Crippen molar-refractivity contribution in [1.29, 1.82) is 0 Å². The van der Waals surface area contributed by atoms with Crippen LogP contribution in [0.15, 0.2) is 76.1 Å². The van der Waals surface area contributed by atoms with E-state index in [0.717, 1.165) is 42.0 Å². The smallest absolute Gasteiger partial charge is 0.264 e. The summed E-state index contributed by atoms with van der Waals surface area (Å²) in [7, 11) is -2.76. The average molecular weight is 675 g/mol. The van der Waals surface area contributed by atoms with Crippen LogP contribution in [0, 0.1) is 12.7 Å². The number of sulfonamides is 1. The van der Waals surface area contributed by atoms with Gasteiger partial charge in [0, 0.05) is 12.6 Å². The first-order chi connectivity index (χ1) is 20.5. The van der Waals surface area contributed by atoms with Gasteiger partial charge in [0.1, 0.15) is 24.2 Å². The monoisotopic (exact) mass is 673 g/mol. The van der Waals surface area contributed by atoms with Gasteiger partial charge in [-0.05, 0) is 90.6 Å². The van der Waals surface area contributed by atoms with Gasteiger partial charge in [0.15, 0.2) is 0 Å². The molecule has 0 bridgehead atoms. The first kappa shape index (κ1) is 32.5. The number of carbonyl (C=O) groups excluding carboxylic acids is 2. The fourth-order valence-electron chi connectivity index (χ4n) is 5.11. The highest BCUT2D eigenvalue weighted by Crippen LogP contribution is 2.31. The molecular weight excluding hydrogens is 637 g/mol. The number of carbonyl (C=O) groups is 2. The van der Waals surface area contributed by atoms with Crippen molar-refractivity contribution in [3.63, 3.8) is 0 Å². The van der Waals surface area contributed by atoms with Crippen molar-refractivity contribution in [2.45, 2.75) is 69.5 Å². The van der Waals surface area contributed by atoms with Gasteiger partial charge in [-0.3, -0.25) is 13.9 Å². The minimum Gasteiger partial charge on any atom is -0.496 e. The number of aryl methyl sites for hydroxylation is 1. The molecule has 0 aliphatic heterocycles. The van der Waals surface area contributed by atoms with Crippen LogP contribution in [0.25, 0.3) is 0 Å². The molecule has 1 saturated carbocycles. The molecular formula is C32H37BrFN3O5S. The third kappa shape index (κ3) is 8.14. The number of hydrogen-bond donors (Lipinski definition) is 1. The van der Waals surface area contributed by atoms with E-state index in [-0.39, 0.29) is 23.4 Å². The Labute approximate surface area is 261 Å². The Morgan fingerprint density at radius 3 is 2.28 bits per heavy atom. The topological polar surface area (TPSA) is 96.0 Å². The number of rotatable bonds is 11. The van der Waals surface area contributed by atoms with Crippen molar-refractivity contribution in [3.8, 4) is 5.75 Å². The van der Waals surface area contributed by atoms with Gasteiger partial charge in [0.25, 0.3) is 10.0 Å². The molecule has 1 N–H and O–H groups in total. The van der Waals surface area contributed by atoms with Crippen molar-refractivity contribution in [3.05, 3.63) is 88.1 Å². The second-order valence-corrected chi connectivity index (χ2v) is 13.5. The molecule has 11 heteroatoms. The molecule has 0 heterocycles. The van der Waals surface area contributed by atoms with Crippen LogP contribution in [0.4, 0.5) is 10.1 Å². The third-order valence-electron chi connectivity index (χ3n) is 7.70. The number of amides is 2. The minimum atomic E-state index is -4.24. The second kappa shape index (κ2) is 14.4. The molecule has 3 aromatic carbocycles. The van der Waals surface area contributed by atoms with Crippen LogP contribution in [-0.4, -0.2) is 50.9 Å². The molecule has 0 unspecified atom stereocenters. The van der Waals surface area contributed by atoms with Gasteiger partial charge in [-0.25, -0.2) is 12.8 Å². The molecule has 0 aromatic heterocycles. The molecule has 1 fully saturated rings. The molecule has 4 rings (SSSR count). The van der Waals surface area contributed by atoms with Gasteiger partial charge in [-0.15, -0.1) is 0 Å². The van der Waals surface area contributed by atoms with Crippen LogP contribution in [0.2, 0.25) is 0 Å². The quantitative estimate of drug-likeness (QED) is 0.271. The molecule has 2 amide bonds. The molecule has 1 atom stereocenters. The van der Waals surface area contributed by atoms with E-state index < -0.39 is 34.3 Å². The molecule has 0 saturated heterocycles. The van der Waals surface area contributed by atoms with E-state index in [1.165, 1.54) is 42.3 Å². The van der Waals surface area contributed by atoms with Gasteiger partial charge in [0.2, 0.25) is 11.8 Å². The van der Waals surface area contributed by atoms with E-state index in [4.69, 9.17) is 4.74 Å². The van der Waals surface area contributed by atoms with Gasteiger partial charge in [-0.2, -0.15) is 0 Å². The highest BCUT2D eigenvalue weighted by Gasteiger charge is 2.33. The summed E-state index contributed by atoms with van der Waals surface area (Å²) >= 11 is 3.35. The first-order valence-electron chi connectivity index (χ1n) is 14.3. The van der Waals surface area contributed by atoms with Gasteiger partial charge in [-0.1, -0.05) is 49.1 Å². The van der Waals surface area contributed by atoms with Crippen LogP contribution >= 0.6 is 15.9 Å². The number of anilines is 1. The lowest BCUT2D eigenvalue weighted by atomic mass is 9.95. The molecule has 0 spiro atoms. The van der Waals surface area contributed by atoms with Crippen molar-refractivity contribution in [2.75, 3.05) is 18.0 Å². The maximum Gasteiger partial charge on any atom is 0.264 e. The molecule has 43 heavy (non-hydrogen) atoms. The third-order valence-corrected chi connectivity index (χ3v) is 10.1. The van der Waals surface area contributed by atoms with Crippen molar-refractivity contribution >= 4 is 43.5 Å². The predicted octanol–water partition coefficient (Wildman–Crippen LogP) is 5.97. The zero-order valence-corrected chi connectivity index (χ0v) is 27.0. The van der Waals surface area contributed by atoms with Gasteiger partial charge in [0.05, 0.1) is 22.2 Å². The SMILES string of the molecule is COc1ccc(S(=O)(=O)N(CC(=O)N(Cc2ccc(F)cc2)[C@@H](C)C(=O)NC2CCCCC2)c2ccc(C)cc2)cc1Br. The fraction of sp³-hybridized carbons (Fsp3) is 0.375. The molecule has 230 valence electrons. The van der Waals surface area contributed by atoms with Gasteiger partial charge < -0.3 is 15.0 Å². The summed E-state index contributed by atoms with van der Waals surface area (Å²) in [5.74, 6) is -0.856. The number of hydrogen-bond acceptors (Lipinski definition) is 5. The van der Waals surface area contributed by atoms with E-state index in [2.05, 4.69) is 21.2 Å². The van der Waals surface area contributed by atoms with E-state index in [9.17, 15) is 22.4 Å². The lowest BCUT2D eigenvalue weighted by Crippen LogP contribution is -2.53. The Balaban J connectivity index is 1.68. The minimum absolute atomic E-state index is 0.00572. The number of methoxy groups -OCH3 is 1. The zero-order chi connectivity index (χ0) is 31.1. The maximum atomic E-state index is 14.1. The summed E-state index contributed by atoms with van der Waals surface area (Å²) in [5, 5.41) is 3.07. The van der Waals surface area contributed by atoms with Gasteiger partial charge >= 0.3 is 0 Å². The Bertz CT molecular complexity index is 1530. The standard InChI is InChI=1S/C32H37BrFN3O5S/c1-22-9-15-27(16-10-22)37(43(40,41)28-17-18-30(42-3)29(33)19-28)21-31(38)36(20-24-11-13-25(34)14-12-24)23(2)32(39)35-26-7-5-4-6-8-26/h9-19,23,26H,4-8,20-21H2,1-3H3,(H,35,39)/t23-/m0/s1. The highest BCUT2D eigenvalue weighted by atomic mass is 79.9. The lowest BCUT2D eigenvalue weighted by molar-refractivity contribution is -0.139. The molecule has 3 aromatic rings. The van der Waals surface area contributed by atoms with Crippen molar-refractivity contribution < 1.29 is 27.1 Å². The number of ether oxygens (including phenoxy) is 1.